The summed E-state index contributed by atoms with van der Waals surface area (Å²) in [5.74, 6) is 0. The lowest BCUT2D eigenvalue weighted by atomic mass is 9.96. The molecule has 0 aliphatic heterocycles. The SMILES string of the molecule is [N-]=[N+]=NC(CC(N=[N+]=[N-])c1ccccc1)c1ccccc1. The Morgan fingerprint density at radius 3 is 1.43 bits per heavy atom. The molecule has 2 aromatic rings. The van der Waals surface area contributed by atoms with Crippen LogP contribution in [0.2, 0.25) is 0 Å². The molecular weight excluding hydrogens is 264 g/mol. The fraction of sp³-hybridized carbons (Fsp3) is 0.200. The van der Waals surface area contributed by atoms with Gasteiger partial charge < -0.3 is 0 Å². The van der Waals surface area contributed by atoms with Gasteiger partial charge in [0.15, 0.2) is 0 Å². The predicted octanol–water partition coefficient (Wildman–Crippen LogP) is 5.48. The second kappa shape index (κ2) is 7.60. The average Bonchev–Trinajstić information content (AvgIpc) is 2.55. The van der Waals surface area contributed by atoms with Gasteiger partial charge in [0.1, 0.15) is 0 Å². The fourth-order valence-electron chi connectivity index (χ4n) is 2.19. The van der Waals surface area contributed by atoms with Gasteiger partial charge in [-0.3, -0.25) is 0 Å². The van der Waals surface area contributed by atoms with Crippen LogP contribution in [-0.4, -0.2) is 0 Å². The first-order valence-corrected chi connectivity index (χ1v) is 6.53. The van der Waals surface area contributed by atoms with Crippen LogP contribution in [0.3, 0.4) is 0 Å². The summed E-state index contributed by atoms with van der Waals surface area (Å²) >= 11 is 0. The molecule has 104 valence electrons. The summed E-state index contributed by atoms with van der Waals surface area (Å²) in [6.07, 6.45) is 0.433. The minimum atomic E-state index is -0.369. The molecule has 2 unspecified atom stereocenters. The van der Waals surface area contributed by atoms with E-state index in [1.807, 2.05) is 60.7 Å². The number of benzene rings is 2. The summed E-state index contributed by atoms with van der Waals surface area (Å²) in [4.78, 5) is 5.82. The molecule has 0 saturated heterocycles. The molecule has 0 N–H and O–H groups in total. The fourth-order valence-corrected chi connectivity index (χ4v) is 2.19. The zero-order chi connectivity index (χ0) is 14.9. The van der Waals surface area contributed by atoms with Crippen molar-refractivity contribution in [2.75, 3.05) is 0 Å². The molecule has 21 heavy (non-hydrogen) atoms. The van der Waals surface area contributed by atoms with Gasteiger partial charge in [0.05, 0.1) is 12.1 Å². The summed E-state index contributed by atoms with van der Waals surface area (Å²) in [7, 11) is 0. The van der Waals surface area contributed by atoms with E-state index in [-0.39, 0.29) is 12.1 Å². The Balaban J connectivity index is 2.29. The largest absolute Gasteiger partial charge is 0.0859 e. The molecular formula is C15H14N6. The second-order valence-corrected chi connectivity index (χ2v) is 4.50. The molecule has 0 aliphatic carbocycles. The van der Waals surface area contributed by atoms with Crippen LogP contribution < -0.4 is 0 Å². The standard InChI is InChI=1S/C15H14N6/c16-20-18-14(12-7-3-1-4-8-12)11-15(19-21-17)13-9-5-2-6-10-13/h1-10,14-15H,11H2. The highest BCUT2D eigenvalue weighted by molar-refractivity contribution is 5.23. The van der Waals surface area contributed by atoms with Crippen LogP contribution >= 0.6 is 0 Å². The first kappa shape index (κ1) is 14.5. The lowest BCUT2D eigenvalue weighted by molar-refractivity contribution is 0.553. The Morgan fingerprint density at radius 1 is 0.714 bits per heavy atom. The van der Waals surface area contributed by atoms with Crippen LogP contribution in [-0.2, 0) is 0 Å². The first-order valence-electron chi connectivity index (χ1n) is 6.53. The van der Waals surface area contributed by atoms with Gasteiger partial charge >= 0.3 is 0 Å². The van der Waals surface area contributed by atoms with Crippen molar-refractivity contribution in [1.29, 1.82) is 0 Å². The average molecular weight is 278 g/mol. The van der Waals surface area contributed by atoms with E-state index in [0.717, 1.165) is 11.1 Å². The number of nitrogens with zero attached hydrogens (tertiary/aromatic N) is 6. The van der Waals surface area contributed by atoms with Crippen LogP contribution in [0.4, 0.5) is 0 Å². The Morgan fingerprint density at radius 2 is 1.10 bits per heavy atom. The van der Waals surface area contributed by atoms with Crippen molar-refractivity contribution in [2.24, 2.45) is 10.2 Å². The van der Waals surface area contributed by atoms with Gasteiger partial charge in [-0.1, -0.05) is 70.9 Å². The first-order chi connectivity index (χ1) is 10.3. The summed E-state index contributed by atoms with van der Waals surface area (Å²) < 4.78 is 0. The molecule has 0 heterocycles. The zero-order valence-corrected chi connectivity index (χ0v) is 11.3. The van der Waals surface area contributed by atoms with Crippen LogP contribution in [0.15, 0.2) is 70.9 Å². The summed E-state index contributed by atoms with van der Waals surface area (Å²) in [6, 6.07) is 18.2. The van der Waals surface area contributed by atoms with Crippen molar-refractivity contribution in [1.82, 2.24) is 0 Å². The molecule has 0 bridgehead atoms. The predicted molar refractivity (Wildman–Crippen MR) is 81.3 cm³/mol. The third-order valence-electron chi connectivity index (χ3n) is 3.20. The van der Waals surface area contributed by atoms with E-state index >= 15 is 0 Å². The minimum absolute atomic E-state index is 0.369. The van der Waals surface area contributed by atoms with Crippen molar-refractivity contribution in [3.63, 3.8) is 0 Å². The third-order valence-corrected chi connectivity index (χ3v) is 3.20. The number of hydrogen-bond acceptors (Lipinski definition) is 2. The van der Waals surface area contributed by atoms with E-state index < -0.39 is 0 Å². The minimum Gasteiger partial charge on any atom is -0.0859 e. The molecule has 0 fully saturated rings. The summed E-state index contributed by atoms with van der Waals surface area (Å²) in [5.41, 5.74) is 19.3. The maximum Gasteiger partial charge on any atom is 0.0632 e. The topological polar surface area (TPSA) is 97.5 Å². The smallest absolute Gasteiger partial charge is 0.0632 e. The van der Waals surface area contributed by atoms with Gasteiger partial charge in [-0.15, -0.1) is 0 Å². The number of rotatable bonds is 6. The van der Waals surface area contributed by atoms with Gasteiger partial charge in [-0.05, 0) is 28.6 Å². The Labute approximate surface area is 122 Å². The lowest BCUT2D eigenvalue weighted by Crippen LogP contribution is -2.02. The zero-order valence-electron chi connectivity index (χ0n) is 11.3. The highest BCUT2D eigenvalue weighted by Crippen LogP contribution is 2.32. The van der Waals surface area contributed by atoms with E-state index in [1.165, 1.54) is 0 Å². The molecule has 0 aromatic heterocycles. The summed E-state index contributed by atoms with van der Waals surface area (Å²) in [5, 5.41) is 7.68. The summed E-state index contributed by atoms with van der Waals surface area (Å²) in [6.45, 7) is 0. The highest BCUT2D eigenvalue weighted by atomic mass is 15.2. The maximum absolute atomic E-state index is 8.77. The van der Waals surface area contributed by atoms with Crippen LogP contribution in [0.5, 0.6) is 0 Å². The quantitative estimate of drug-likeness (QED) is 0.380. The molecule has 0 amide bonds. The maximum atomic E-state index is 8.77. The molecule has 0 saturated carbocycles. The van der Waals surface area contributed by atoms with Crippen molar-refractivity contribution < 1.29 is 0 Å². The molecule has 6 nitrogen and oxygen atoms in total. The number of azide groups is 2. The van der Waals surface area contributed by atoms with Gasteiger partial charge in [0, 0.05) is 9.82 Å². The highest BCUT2D eigenvalue weighted by Gasteiger charge is 2.17. The molecule has 6 heteroatoms. The van der Waals surface area contributed by atoms with Crippen molar-refractivity contribution in [3.8, 4) is 0 Å². The Bertz CT molecular complexity index is 598. The normalized spacial score (nSPS) is 12.6. The van der Waals surface area contributed by atoms with Gasteiger partial charge in [-0.2, -0.15) is 0 Å². The third kappa shape index (κ3) is 4.01. The second-order valence-electron chi connectivity index (χ2n) is 4.50. The van der Waals surface area contributed by atoms with Crippen LogP contribution in [0.1, 0.15) is 29.6 Å². The molecule has 2 rings (SSSR count). The van der Waals surface area contributed by atoms with Crippen molar-refractivity contribution >= 4 is 0 Å². The Kier molecular flexibility index (Phi) is 5.24. The van der Waals surface area contributed by atoms with Gasteiger partial charge in [0.25, 0.3) is 0 Å². The molecule has 0 radical (unpaired) electrons. The van der Waals surface area contributed by atoms with E-state index in [2.05, 4.69) is 20.1 Å². The van der Waals surface area contributed by atoms with Gasteiger partial charge in [-0.25, -0.2) is 0 Å². The van der Waals surface area contributed by atoms with Crippen LogP contribution in [0, 0.1) is 0 Å². The van der Waals surface area contributed by atoms with E-state index in [9.17, 15) is 0 Å². The van der Waals surface area contributed by atoms with Crippen molar-refractivity contribution in [2.45, 2.75) is 18.5 Å². The van der Waals surface area contributed by atoms with Crippen molar-refractivity contribution in [3.05, 3.63) is 92.7 Å². The van der Waals surface area contributed by atoms with E-state index in [4.69, 9.17) is 11.1 Å². The monoisotopic (exact) mass is 278 g/mol. The number of hydrogen-bond donors (Lipinski definition) is 0. The van der Waals surface area contributed by atoms with Gasteiger partial charge in [0.2, 0.25) is 0 Å². The van der Waals surface area contributed by atoms with E-state index in [0.29, 0.717) is 6.42 Å². The molecule has 0 aliphatic rings. The molecule has 2 atom stereocenters. The Hall–Kier alpha value is -2.94. The lowest BCUT2D eigenvalue weighted by Gasteiger charge is -2.17. The van der Waals surface area contributed by atoms with Crippen LogP contribution in [0.25, 0.3) is 20.9 Å². The molecule has 2 aromatic carbocycles. The van der Waals surface area contributed by atoms with E-state index in [1.54, 1.807) is 0 Å². The molecule has 0 spiro atoms.